The number of carbonyl (C=O) groups is 2. The first-order valence-electron chi connectivity index (χ1n) is 7.13. The number of nitrogens with zero attached hydrogens (tertiary/aromatic N) is 2. The van der Waals surface area contributed by atoms with Crippen LogP contribution in [-0.4, -0.2) is 34.0 Å². The van der Waals surface area contributed by atoms with E-state index in [1.807, 2.05) is 13.8 Å². The third kappa shape index (κ3) is 2.30. The molecule has 20 heavy (non-hydrogen) atoms. The van der Waals surface area contributed by atoms with Gasteiger partial charge in [0.25, 0.3) is 0 Å². The molecule has 1 saturated carbocycles. The van der Waals surface area contributed by atoms with Crippen LogP contribution in [0.15, 0.2) is 10.6 Å². The number of aromatic nitrogens is 1. The van der Waals surface area contributed by atoms with Gasteiger partial charge < -0.3 is 14.7 Å². The third-order valence-corrected chi connectivity index (χ3v) is 4.01. The molecule has 0 aromatic carbocycles. The average molecular weight is 277 g/mol. The van der Waals surface area contributed by atoms with E-state index in [1.165, 1.54) is 0 Å². The molecule has 1 aliphatic heterocycles. The minimum absolute atomic E-state index is 0.00741. The summed E-state index contributed by atoms with van der Waals surface area (Å²) in [6.45, 7) is 4.06. The van der Waals surface area contributed by atoms with E-state index in [2.05, 4.69) is 10.5 Å². The molecule has 0 radical (unpaired) electrons. The van der Waals surface area contributed by atoms with Crippen molar-refractivity contribution >= 4 is 11.8 Å². The second-order valence-electron chi connectivity index (χ2n) is 5.65. The normalized spacial score (nSPS) is 26.8. The predicted octanol–water partition coefficient (Wildman–Crippen LogP) is 0.999. The van der Waals surface area contributed by atoms with Crippen molar-refractivity contribution < 1.29 is 14.1 Å². The molecular weight excluding hydrogens is 258 g/mol. The summed E-state index contributed by atoms with van der Waals surface area (Å²) in [4.78, 5) is 26.4. The minimum Gasteiger partial charge on any atom is -0.359 e. The van der Waals surface area contributed by atoms with Crippen molar-refractivity contribution in [3.8, 4) is 0 Å². The van der Waals surface area contributed by atoms with Crippen molar-refractivity contribution in [1.82, 2.24) is 15.4 Å². The summed E-state index contributed by atoms with van der Waals surface area (Å²) in [5.41, 5.74) is 0.778. The summed E-state index contributed by atoms with van der Waals surface area (Å²) in [5, 5.41) is 6.70. The number of rotatable bonds is 4. The Morgan fingerprint density at radius 1 is 1.45 bits per heavy atom. The van der Waals surface area contributed by atoms with Gasteiger partial charge in [0.2, 0.25) is 11.8 Å². The van der Waals surface area contributed by atoms with Gasteiger partial charge in [0.15, 0.2) is 5.76 Å². The molecule has 1 N–H and O–H groups in total. The number of aryl methyl sites for hydroxylation is 1. The number of piperazine rings is 1. The van der Waals surface area contributed by atoms with E-state index in [1.54, 1.807) is 11.0 Å². The second-order valence-corrected chi connectivity index (χ2v) is 5.65. The summed E-state index contributed by atoms with van der Waals surface area (Å²) in [7, 11) is 0. The van der Waals surface area contributed by atoms with Crippen molar-refractivity contribution in [2.45, 2.75) is 51.7 Å². The largest absolute Gasteiger partial charge is 0.359 e. The zero-order valence-electron chi connectivity index (χ0n) is 11.8. The lowest BCUT2D eigenvalue weighted by Crippen LogP contribution is -2.63. The molecule has 0 spiro atoms. The number of amides is 2. The smallest absolute Gasteiger partial charge is 0.246 e. The van der Waals surface area contributed by atoms with E-state index in [0.29, 0.717) is 24.6 Å². The molecule has 2 aliphatic rings. The Labute approximate surface area is 117 Å². The highest BCUT2D eigenvalue weighted by Gasteiger charge is 2.46. The van der Waals surface area contributed by atoms with E-state index < -0.39 is 6.04 Å². The lowest BCUT2D eigenvalue weighted by molar-refractivity contribution is -0.151. The highest BCUT2D eigenvalue weighted by Crippen LogP contribution is 2.35. The lowest BCUT2D eigenvalue weighted by atomic mass is 10.0. The van der Waals surface area contributed by atoms with Crippen LogP contribution in [0.3, 0.4) is 0 Å². The standard InChI is InChI=1S/C14H19N3O3/c1-3-11-13(18)15-12(9-4-5-9)14(19)17(11)7-10-6-8(2)16-20-10/h6,9,11-12H,3-5,7H2,1-2H3,(H,15,18). The van der Waals surface area contributed by atoms with E-state index in [0.717, 1.165) is 18.5 Å². The Balaban J connectivity index is 1.82. The maximum absolute atomic E-state index is 12.6. The van der Waals surface area contributed by atoms with Gasteiger partial charge in [-0.3, -0.25) is 9.59 Å². The summed E-state index contributed by atoms with van der Waals surface area (Å²) in [6.07, 6.45) is 2.63. The van der Waals surface area contributed by atoms with E-state index in [4.69, 9.17) is 4.52 Å². The molecule has 6 nitrogen and oxygen atoms in total. The molecule has 3 rings (SSSR count). The monoisotopic (exact) mass is 277 g/mol. The first-order chi connectivity index (χ1) is 9.60. The van der Waals surface area contributed by atoms with Crippen molar-refractivity contribution in [1.29, 1.82) is 0 Å². The Morgan fingerprint density at radius 2 is 2.20 bits per heavy atom. The van der Waals surface area contributed by atoms with Gasteiger partial charge >= 0.3 is 0 Å². The third-order valence-electron chi connectivity index (χ3n) is 4.01. The summed E-state index contributed by atoms with van der Waals surface area (Å²) in [5.74, 6) is 0.884. The molecule has 2 fully saturated rings. The zero-order chi connectivity index (χ0) is 14.3. The number of carbonyl (C=O) groups excluding carboxylic acids is 2. The molecule has 2 unspecified atom stereocenters. The predicted molar refractivity (Wildman–Crippen MR) is 70.5 cm³/mol. The fraction of sp³-hybridized carbons (Fsp3) is 0.643. The van der Waals surface area contributed by atoms with Gasteiger partial charge in [-0.1, -0.05) is 12.1 Å². The Hall–Kier alpha value is -1.85. The van der Waals surface area contributed by atoms with Crippen LogP contribution in [0, 0.1) is 12.8 Å². The molecule has 108 valence electrons. The molecule has 2 amide bonds. The van der Waals surface area contributed by atoms with Crippen molar-refractivity contribution in [2.24, 2.45) is 5.92 Å². The van der Waals surface area contributed by atoms with Gasteiger partial charge in [0.1, 0.15) is 12.1 Å². The number of hydrogen-bond donors (Lipinski definition) is 1. The van der Waals surface area contributed by atoms with Gasteiger partial charge in [0, 0.05) is 6.07 Å². The van der Waals surface area contributed by atoms with E-state index >= 15 is 0 Å². The Bertz CT molecular complexity index is 536. The maximum Gasteiger partial charge on any atom is 0.246 e. The molecule has 2 atom stereocenters. The van der Waals surface area contributed by atoms with Crippen LogP contribution in [0.4, 0.5) is 0 Å². The molecule has 0 bridgehead atoms. The van der Waals surface area contributed by atoms with Gasteiger partial charge in [-0.05, 0) is 32.1 Å². The highest BCUT2D eigenvalue weighted by atomic mass is 16.5. The second kappa shape index (κ2) is 4.92. The molecule has 2 heterocycles. The zero-order valence-corrected chi connectivity index (χ0v) is 11.8. The van der Waals surface area contributed by atoms with Crippen LogP contribution in [-0.2, 0) is 16.1 Å². The molecule has 1 aromatic heterocycles. The van der Waals surface area contributed by atoms with Crippen molar-refractivity contribution in [3.05, 3.63) is 17.5 Å². The maximum atomic E-state index is 12.6. The quantitative estimate of drug-likeness (QED) is 0.890. The van der Waals surface area contributed by atoms with Gasteiger partial charge in [0.05, 0.1) is 12.2 Å². The van der Waals surface area contributed by atoms with Crippen LogP contribution in [0.25, 0.3) is 0 Å². The summed E-state index contributed by atoms with van der Waals surface area (Å²) >= 11 is 0. The lowest BCUT2D eigenvalue weighted by Gasteiger charge is -2.38. The Morgan fingerprint density at radius 3 is 2.75 bits per heavy atom. The fourth-order valence-corrected chi connectivity index (χ4v) is 2.79. The van der Waals surface area contributed by atoms with Crippen LogP contribution >= 0.6 is 0 Å². The highest BCUT2D eigenvalue weighted by molar-refractivity contribution is 5.97. The van der Waals surface area contributed by atoms with Gasteiger partial charge in [-0.25, -0.2) is 0 Å². The molecular formula is C14H19N3O3. The number of hydrogen-bond acceptors (Lipinski definition) is 4. The van der Waals surface area contributed by atoms with Crippen LogP contribution in [0.5, 0.6) is 0 Å². The molecule has 1 saturated heterocycles. The molecule has 1 aromatic rings. The average Bonchev–Trinajstić information content (AvgIpc) is 3.17. The van der Waals surface area contributed by atoms with Crippen molar-refractivity contribution in [2.75, 3.05) is 0 Å². The number of nitrogens with one attached hydrogen (secondary N) is 1. The van der Waals surface area contributed by atoms with E-state index in [-0.39, 0.29) is 17.9 Å². The van der Waals surface area contributed by atoms with Crippen LogP contribution in [0.2, 0.25) is 0 Å². The topological polar surface area (TPSA) is 75.4 Å². The summed E-state index contributed by atoms with van der Waals surface area (Å²) in [6, 6.07) is 1.04. The molecule has 1 aliphatic carbocycles. The van der Waals surface area contributed by atoms with Crippen molar-refractivity contribution in [3.63, 3.8) is 0 Å². The fourth-order valence-electron chi connectivity index (χ4n) is 2.79. The SMILES string of the molecule is CCC1C(=O)NC(C2CC2)C(=O)N1Cc1cc(C)no1. The Kier molecular flexibility index (Phi) is 3.23. The first kappa shape index (κ1) is 13.1. The first-order valence-corrected chi connectivity index (χ1v) is 7.13. The van der Waals surface area contributed by atoms with Crippen LogP contribution in [0.1, 0.15) is 37.6 Å². The van der Waals surface area contributed by atoms with Gasteiger partial charge in [-0.15, -0.1) is 0 Å². The summed E-state index contributed by atoms with van der Waals surface area (Å²) < 4.78 is 5.18. The van der Waals surface area contributed by atoms with Gasteiger partial charge in [-0.2, -0.15) is 0 Å². The minimum atomic E-state index is -0.414. The van der Waals surface area contributed by atoms with E-state index in [9.17, 15) is 9.59 Å². The van der Waals surface area contributed by atoms with Crippen LogP contribution < -0.4 is 5.32 Å². The molecule has 6 heteroatoms.